The minimum absolute atomic E-state index is 0.571. The lowest BCUT2D eigenvalue weighted by atomic mass is 9.64. The molecule has 0 N–H and O–H groups in total. The van der Waals surface area contributed by atoms with E-state index in [0.29, 0.717) is 11.0 Å². The molecule has 0 amide bonds. The van der Waals surface area contributed by atoms with Crippen LogP contribution >= 0.6 is 0 Å². The summed E-state index contributed by atoms with van der Waals surface area (Å²) in [5, 5.41) is 0. The molecule has 14 heavy (non-hydrogen) atoms. The van der Waals surface area contributed by atoms with Crippen LogP contribution in [0.2, 0.25) is 0 Å². The molecule has 2 spiro atoms. The molecular formula is C12H21NO. The molecule has 0 aromatic carbocycles. The van der Waals surface area contributed by atoms with Gasteiger partial charge < -0.3 is 9.64 Å². The summed E-state index contributed by atoms with van der Waals surface area (Å²) in [4.78, 5) is 2.63. The molecule has 3 aliphatic rings. The van der Waals surface area contributed by atoms with Crippen molar-refractivity contribution in [3.05, 3.63) is 0 Å². The zero-order chi connectivity index (χ0) is 9.65. The maximum absolute atomic E-state index is 5.44. The average Bonchev–Trinajstić information content (AvgIpc) is 2.46. The highest BCUT2D eigenvalue weighted by molar-refractivity contribution is 5.04. The van der Waals surface area contributed by atoms with Gasteiger partial charge in [-0.15, -0.1) is 0 Å². The largest absolute Gasteiger partial charge is 0.380 e. The fourth-order valence-electron chi connectivity index (χ4n) is 3.92. The molecule has 1 atom stereocenters. The number of nitrogens with zero attached hydrogens (tertiary/aromatic N) is 1. The van der Waals surface area contributed by atoms with Gasteiger partial charge in [-0.1, -0.05) is 6.42 Å². The molecule has 0 aromatic rings. The molecule has 3 rings (SSSR count). The summed E-state index contributed by atoms with van der Waals surface area (Å²) in [6.07, 6.45) is 8.54. The van der Waals surface area contributed by atoms with Crippen molar-refractivity contribution in [2.24, 2.45) is 5.41 Å². The zero-order valence-electron chi connectivity index (χ0n) is 9.22. The van der Waals surface area contributed by atoms with E-state index in [1.165, 1.54) is 45.1 Å². The van der Waals surface area contributed by atoms with Crippen molar-refractivity contribution >= 4 is 0 Å². The van der Waals surface area contributed by atoms with E-state index in [1.54, 1.807) is 0 Å². The Morgan fingerprint density at radius 1 is 1.07 bits per heavy atom. The first-order valence-electron chi connectivity index (χ1n) is 6.04. The normalized spacial score (nSPS) is 41.8. The Morgan fingerprint density at radius 2 is 1.86 bits per heavy atom. The average molecular weight is 195 g/mol. The number of ether oxygens (including phenoxy) is 1. The van der Waals surface area contributed by atoms with Crippen molar-refractivity contribution in [1.82, 2.24) is 4.90 Å². The molecule has 0 unspecified atom stereocenters. The van der Waals surface area contributed by atoms with Crippen LogP contribution in [0, 0.1) is 5.41 Å². The van der Waals surface area contributed by atoms with Crippen LogP contribution in [-0.2, 0) is 4.74 Å². The maximum Gasteiger partial charge on any atom is 0.0545 e. The summed E-state index contributed by atoms with van der Waals surface area (Å²) in [5.41, 5.74) is 1.17. The lowest BCUT2D eigenvalue weighted by Gasteiger charge is -2.53. The molecule has 0 radical (unpaired) electrons. The van der Waals surface area contributed by atoms with Crippen molar-refractivity contribution in [1.29, 1.82) is 0 Å². The van der Waals surface area contributed by atoms with E-state index in [4.69, 9.17) is 4.74 Å². The number of hydrogen-bond acceptors (Lipinski definition) is 2. The van der Waals surface area contributed by atoms with Gasteiger partial charge in [-0.05, 0) is 45.7 Å². The third kappa shape index (κ3) is 1.17. The summed E-state index contributed by atoms with van der Waals surface area (Å²) in [6.45, 7) is 3.40. The van der Waals surface area contributed by atoms with E-state index in [-0.39, 0.29) is 0 Å². The highest BCUT2D eigenvalue weighted by Crippen LogP contribution is 2.51. The van der Waals surface area contributed by atoms with Gasteiger partial charge in [0.1, 0.15) is 0 Å². The van der Waals surface area contributed by atoms with Gasteiger partial charge in [-0.2, -0.15) is 0 Å². The second-order valence-corrected chi connectivity index (χ2v) is 5.77. The lowest BCUT2D eigenvalue weighted by Crippen LogP contribution is -2.55. The minimum Gasteiger partial charge on any atom is -0.380 e. The summed E-state index contributed by atoms with van der Waals surface area (Å²) >= 11 is 0. The van der Waals surface area contributed by atoms with Crippen molar-refractivity contribution in [3.8, 4) is 0 Å². The van der Waals surface area contributed by atoms with E-state index in [1.807, 2.05) is 0 Å². The van der Waals surface area contributed by atoms with E-state index in [9.17, 15) is 0 Å². The standard InChI is InChI=1S/C12H21NO/c1-13-7-3-6-12(13)5-2-4-11(8-12)9-14-10-11/h2-10H2,1H3/t12-/m0/s1. The minimum atomic E-state index is 0.571. The number of likely N-dealkylation sites (tertiary alicyclic amines) is 1. The van der Waals surface area contributed by atoms with Crippen LogP contribution in [0.4, 0.5) is 0 Å². The molecule has 2 heterocycles. The third-order valence-electron chi connectivity index (χ3n) is 4.82. The molecule has 1 saturated carbocycles. The Kier molecular flexibility index (Phi) is 1.94. The first kappa shape index (κ1) is 9.17. The Bertz CT molecular complexity index is 236. The van der Waals surface area contributed by atoms with Crippen LogP contribution < -0.4 is 0 Å². The summed E-state index contributed by atoms with van der Waals surface area (Å²) < 4.78 is 5.44. The SMILES string of the molecule is CN1CCC[C@]12CCCC1(COC1)C2. The first-order chi connectivity index (χ1) is 6.75. The van der Waals surface area contributed by atoms with Crippen LogP contribution in [0.1, 0.15) is 38.5 Å². The zero-order valence-corrected chi connectivity index (χ0v) is 9.22. The molecule has 2 nitrogen and oxygen atoms in total. The van der Waals surface area contributed by atoms with Crippen LogP contribution in [0.5, 0.6) is 0 Å². The molecule has 3 fully saturated rings. The van der Waals surface area contributed by atoms with Crippen molar-refractivity contribution in [2.75, 3.05) is 26.8 Å². The fraction of sp³-hybridized carbons (Fsp3) is 1.00. The smallest absolute Gasteiger partial charge is 0.0545 e. The molecule has 0 bridgehead atoms. The Hall–Kier alpha value is -0.0800. The van der Waals surface area contributed by atoms with E-state index >= 15 is 0 Å². The topological polar surface area (TPSA) is 12.5 Å². The van der Waals surface area contributed by atoms with E-state index < -0.39 is 0 Å². The predicted molar refractivity (Wildman–Crippen MR) is 56.3 cm³/mol. The number of rotatable bonds is 0. The molecule has 2 heteroatoms. The molecule has 2 saturated heterocycles. The number of hydrogen-bond donors (Lipinski definition) is 0. The molecule has 2 aliphatic heterocycles. The van der Waals surface area contributed by atoms with Gasteiger partial charge in [-0.3, -0.25) is 0 Å². The van der Waals surface area contributed by atoms with Crippen LogP contribution in [-0.4, -0.2) is 37.2 Å². The highest BCUT2D eigenvalue weighted by atomic mass is 16.5. The molecule has 1 aliphatic carbocycles. The molecular weight excluding hydrogens is 174 g/mol. The third-order valence-corrected chi connectivity index (χ3v) is 4.82. The predicted octanol–water partition coefficient (Wildman–Crippen LogP) is 2.04. The quantitative estimate of drug-likeness (QED) is 0.586. The highest BCUT2D eigenvalue weighted by Gasteiger charge is 2.51. The van der Waals surface area contributed by atoms with Gasteiger partial charge in [-0.25, -0.2) is 0 Å². The van der Waals surface area contributed by atoms with Crippen molar-refractivity contribution in [3.63, 3.8) is 0 Å². The van der Waals surface area contributed by atoms with Gasteiger partial charge >= 0.3 is 0 Å². The van der Waals surface area contributed by atoms with Crippen LogP contribution in [0.15, 0.2) is 0 Å². The Labute approximate surface area is 86.6 Å². The fourth-order valence-corrected chi connectivity index (χ4v) is 3.92. The molecule has 80 valence electrons. The van der Waals surface area contributed by atoms with Gasteiger partial charge in [0.25, 0.3) is 0 Å². The lowest BCUT2D eigenvalue weighted by molar-refractivity contribution is -0.155. The van der Waals surface area contributed by atoms with E-state index in [0.717, 1.165) is 13.2 Å². The second-order valence-electron chi connectivity index (χ2n) is 5.77. The Morgan fingerprint density at radius 3 is 2.43 bits per heavy atom. The first-order valence-corrected chi connectivity index (χ1v) is 6.04. The van der Waals surface area contributed by atoms with Gasteiger partial charge in [0.2, 0.25) is 0 Å². The summed E-state index contributed by atoms with van der Waals surface area (Å²) in [5.74, 6) is 0. The summed E-state index contributed by atoms with van der Waals surface area (Å²) in [7, 11) is 2.32. The summed E-state index contributed by atoms with van der Waals surface area (Å²) in [6, 6.07) is 0. The van der Waals surface area contributed by atoms with Gasteiger partial charge in [0, 0.05) is 11.0 Å². The van der Waals surface area contributed by atoms with Crippen molar-refractivity contribution in [2.45, 2.75) is 44.1 Å². The molecule has 0 aromatic heterocycles. The van der Waals surface area contributed by atoms with Gasteiger partial charge in [0.05, 0.1) is 13.2 Å². The maximum atomic E-state index is 5.44. The second kappa shape index (κ2) is 2.96. The van der Waals surface area contributed by atoms with Crippen LogP contribution in [0.3, 0.4) is 0 Å². The van der Waals surface area contributed by atoms with Crippen molar-refractivity contribution < 1.29 is 4.74 Å². The van der Waals surface area contributed by atoms with Gasteiger partial charge in [0.15, 0.2) is 0 Å². The van der Waals surface area contributed by atoms with E-state index in [2.05, 4.69) is 11.9 Å². The van der Waals surface area contributed by atoms with Crippen LogP contribution in [0.25, 0.3) is 0 Å². The monoisotopic (exact) mass is 195 g/mol. The Balaban J connectivity index is 1.80.